The molecule has 0 saturated carbocycles. The number of hydrogen-bond donors (Lipinski definition) is 0. The fraction of sp³-hybridized carbons (Fsp3) is 0.364. The number of nitrogens with zero attached hydrogens (tertiary/aromatic N) is 1. The van der Waals surface area contributed by atoms with Gasteiger partial charge in [-0.05, 0) is 13.0 Å². The average Bonchev–Trinajstić information content (AvgIpc) is 2.35. The summed E-state index contributed by atoms with van der Waals surface area (Å²) in [4.78, 5) is 35.0. The zero-order valence-corrected chi connectivity index (χ0v) is 9.63. The molecule has 0 aliphatic rings. The number of ether oxygens (including phenoxy) is 1. The second-order valence-electron chi connectivity index (χ2n) is 3.24. The van der Waals surface area contributed by atoms with E-state index >= 15 is 0 Å². The van der Waals surface area contributed by atoms with Crippen LogP contribution in [0, 0.1) is 0 Å². The molecular formula is C11H13NO5. The van der Waals surface area contributed by atoms with Crippen LogP contribution in [0.2, 0.25) is 0 Å². The van der Waals surface area contributed by atoms with Crippen molar-refractivity contribution in [3.63, 3.8) is 0 Å². The molecule has 0 bridgehead atoms. The van der Waals surface area contributed by atoms with E-state index in [9.17, 15) is 14.4 Å². The molecule has 0 aliphatic heterocycles. The highest BCUT2D eigenvalue weighted by atomic mass is 16.5. The molecule has 0 fully saturated rings. The Morgan fingerprint density at radius 2 is 2.12 bits per heavy atom. The van der Waals surface area contributed by atoms with Crippen LogP contribution >= 0.6 is 0 Å². The molecule has 1 heterocycles. The van der Waals surface area contributed by atoms with Crippen LogP contribution in [-0.2, 0) is 9.53 Å². The van der Waals surface area contributed by atoms with Gasteiger partial charge in [-0.2, -0.15) is 0 Å². The fourth-order valence-electron chi connectivity index (χ4n) is 1.21. The lowest BCUT2D eigenvalue weighted by Gasteiger charge is -2.18. The van der Waals surface area contributed by atoms with E-state index in [1.165, 1.54) is 18.1 Å². The number of likely N-dealkylation sites (N-methyl/N-ethyl adjacent to an activating group) is 1. The van der Waals surface area contributed by atoms with Gasteiger partial charge in [0.15, 0.2) is 0 Å². The average molecular weight is 239 g/mol. The smallest absolute Gasteiger partial charge is 0.335 e. The largest absolute Gasteiger partial charge is 0.468 e. The second-order valence-corrected chi connectivity index (χ2v) is 3.24. The lowest BCUT2D eigenvalue weighted by molar-refractivity contribution is -0.141. The van der Waals surface area contributed by atoms with Gasteiger partial charge in [-0.3, -0.25) is 9.59 Å². The molecule has 0 atom stereocenters. The predicted molar refractivity (Wildman–Crippen MR) is 58.6 cm³/mol. The van der Waals surface area contributed by atoms with Crippen molar-refractivity contribution in [2.45, 2.75) is 6.92 Å². The zero-order chi connectivity index (χ0) is 12.8. The molecule has 17 heavy (non-hydrogen) atoms. The SMILES string of the molecule is CCN(CC(=O)OC)C(=O)c1ccc(=O)oc1. The monoisotopic (exact) mass is 239 g/mol. The van der Waals surface area contributed by atoms with Crippen molar-refractivity contribution in [3.8, 4) is 0 Å². The van der Waals surface area contributed by atoms with Gasteiger partial charge in [-0.1, -0.05) is 0 Å². The number of hydrogen-bond acceptors (Lipinski definition) is 5. The maximum Gasteiger partial charge on any atom is 0.335 e. The first-order valence-electron chi connectivity index (χ1n) is 5.03. The summed E-state index contributed by atoms with van der Waals surface area (Å²) in [6.07, 6.45) is 1.07. The molecule has 0 N–H and O–H groups in total. The summed E-state index contributed by atoms with van der Waals surface area (Å²) in [6.45, 7) is 1.96. The van der Waals surface area contributed by atoms with Crippen molar-refractivity contribution < 1.29 is 18.7 Å². The summed E-state index contributed by atoms with van der Waals surface area (Å²) in [7, 11) is 1.25. The third-order valence-corrected chi connectivity index (χ3v) is 2.16. The van der Waals surface area contributed by atoms with Crippen molar-refractivity contribution in [1.29, 1.82) is 0 Å². The van der Waals surface area contributed by atoms with Crippen molar-refractivity contribution in [2.24, 2.45) is 0 Å². The summed E-state index contributed by atoms with van der Waals surface area (Å²) < 4.78 is 9.07. The molecule has 0 aliphatic carbocycles. The quantitative estimate of drug-likeness (QED) is 0.705. The van der Waals surface area contributed by atoms with Crippen molar-refractivity contribution in [1.82, 2.24) is 4.90 Å². The maximum absolute atomic E-state index is 11.9. The minimum Gasteiger partial charge on any atom is -0.468 e. The molecule has 0 radical (unpaired) electrons. The molecule has 6 heteroatoms. The highest BCUT2D eigenvalue weighted by molar-refractivity contribution is 5.95. The zero-order valence-electron chi connectivity index (χ0n) is 9.63. The van der Waals surface area contributed by atoms with Crippen LogP contribution in [0.1, 0.15) is 17.3 Å². The molecule has 0 saturated heterocycles. The van der Waals surface area contributed by atoms with E-state index < -0.39 is 11.6 Å². The number of rotatable bonds is 4. The number of carbonyl (C=O) groups excluding carboxylic acids is 2. The molecule has 92 valence electrons. The van der Waals surface area contributed by atoms with Crippen LogP contribution < -0.4 is 5.63 Å². The fourth-order valence-corrected chi connectivity index (χ4v) is 1.21. The Hall–Kier alpha value is -2.11. The van der Waals surface area contributed by atoms with E-state index in [1.54, 1.807) is 6.92 Å². The van der Waals surface area contributed by atoms with E-state index in [2.05, 4.69) is 9.15 Å². The lowest BCUT2D eigenvalue weighted by atomic mass is 10.2. The Labute approximate surface area is 97.8 Å². The Kier molecular flexibility index (Phi) is 4.45. The van der Waals surface area contributed by atoms with Gasteiger partial charge in [0, 0.05) is 12.6 Å². The van der Waals surface area contributed by atoms with Gasteiger partial charge in [0.1, 0.15) is 12.8 Å². The van der Waals surface area contributed by atoms with Crippen molar-refractivity contribution >= 4 is 11.9 Å². The van der Waals surface area contributed by atoms with Crippen LogP contribution in [0.4, 0.5) is 0 Å². The molecule has 1 aromatic heterocycles. The first-order valence-corrected chi connectivity index (χ1v) is 5.03. The van der Waals surface area contributed by atoms with Crippen LogP contribution in [0.3, 0.4) is 0 Å². The Morgan fingerprint density at radius 1 is 1.41 bits per heavy atom. The second kappa shape index (κ2) is 5.83. The van der Waals surface area contributed by atoms with Gasteiger partial charge >= 0.3 is 11.6 Å². The highest BCUT2D eigenvalue weighted by Gasteiger charge is 2.17. The van der Waals surface area contributed by atoms with Gasteiger partial charge in [0.25, 0.3) is 5.91 Å². The highest BCUT2D eigenvalue weighted by Crippen LogP contribution is 2.02. The first-order chi connectivity index (χ1) is 8.08. The number of amides is 1. The molecule has 6 nitrogen and oxygen atoms in total. The molecule has 1 amide bonds. The third-order valence-electron chi connectivity index (χ3n) is 2.16. The number of esters is 1. The van der Waals surface area contributed by atoms with Crippen LogP contribution in [0.25, 0.3) is 0 Å². The van der Waals surface area contributed by atoms with E-state index in [4.69, 9.17) is 0 Å². The van der Waals surface area contributed by atoms with Gasteiger partial charge < -0.3 is 14.1 Å². The Bertz CT molecular complexity index is 445. The molecule has 0 unspecified atom stereocenters. The molecule has 0 aromatic carbocycles. The van der Waals surface area contributed by atoms with E-state index in [0.29, 0.717) is 6.54 Å². The minimum atomic E-state index is -0.530. The summed E-state index contributed by atoms with van der Waals surface area (Å²) >= 11 is 0. The molecule has 0 spiro atoms. The number of carbonyl (C=O) groups is 2. The van der Waals surface area contributed by atoms with Gasteiger partial charge in [0.2, 0.25) is 0 Å². The lowest BCUT2D eigenvalue weighted by Crippen LogP contribution is -2.36. The topological polar surface area (TPSA) is 76.8 Å². The van der Waals surface area contributed by atoms with Gasteiger partial charge in [0.05, 0.1) is 12.7 Å². The Balaban J connectivity index is 2.82. The van der Waals surface area contributed by atoms with Crippen molar-refractivity contribution in [3.05, 3.63) is 34.4 Å². The predicted octanol–water partition coefficient (Wildman–Crippen LogP) is 0.275. The summed E-state index contributed by atoms with van der Waals surface area (Å²) in [5.74, 6) is -0.890. The maximum atomic E-state index is 11.9. The normalized spacial score (nSPS) is 9.76. The van der Waals surface area contributed by atoms with Crippen molar-refractivity contribution in [2.75, 3.05) is 20.2 Å². The van der Waals surface area contributed by atoms with E-state index in [-0.39, 0.29) is 18.0 Å². The number of methoxy groups -OCH3 is 1. The summed E-state index contributed by atoms with van der Waals surface area (Å²) in [5, 5.41) is 0. The van der Waals surface area contributed by atoms with E-state index in [1.807, 2.05) is 0 Å². The summed E-state index contributed by atoms with van der Waals surface area (Å²) in [5.41, 5.74) is -0.312. The third kappa shape index (κ3) is 3.44. The molecule has 1 rings (SSSR count). The Morgan fingerprint density at radius 3 is 2.59 bits per heavy atom. The van der Waals surface area contributed by atoms with Gasteiger partial charge in [-0.15, -0.1) is 0 Å². The summed E-state index contributed by atoms with van der Waals surface area (Å²) in [6, 6.07) is 2.51. The van der Waals surface area contributed by atoms with E-state index in [0.717, 1.165) is 12.3 Å². The molecular weight excluding hydrogens is 226 g/mol. The first kappa shape index (κ1) is 13.0. The van der Waals surface area contributed by atoms with Crippen LogP contribution in [0.15, 0.2) is 27.6 Å². The molecule has 1 aromatic rings. The van der Waals surface area contributed by atoms with Crippen LogP contribution in [-0.4, -0.2) is 37.0 Å². The van der Waals surface area contributed by atoms with Crippen LogP contribution in [0.5, 0.6) is 0 Å². The van der Waals surface area contributed by atoms with Gasteiger partial charge in [-0.25, -0.2) is 4.79 Å². The standard InChI is InChI=1S/C11H13NO5/c1-3-12(6-10(14)16-2)11(15)8-4-5-9(13)17-7-8/h4-5,7H,3,6H2,1-2H3. The minimum absolute atomic E-state index is 0.134.